The van der Waals surface area contributed by atoms with Gasteiger partial charge < -0.3 is 9.64 Å². The fourth-order valence-corrected chi connectivity index (χ4v) is 2.69. The molecule has 0 bridgehead atoms. The van der Waals surface area contributed by atoms with Gasteiger partial charge in [0, 0.05) is 13.1 Å². The van der Waals surface area contributed by atoms with E-state index < -0.39 is 5.60 Å². The van der Waals surface area contributed by atoms with E-state index in [1.54, 1.807) is 11.3 Å². The minimum Gasteiger partial charge on any atom is -0.460 e. The smallest absolute Gasteiger partial charge is 0.307 e. The highest BCUT2D eigenvalue weighted by molar-refractivity contribution is 9.11. The molecule has 0 aliphatic rings. The van der Waals surface area contributed by atoms with Gasteiger partial charge in [0.1, 0.15) is 5.60 Å². The van der Waals surface area contributed by atoms with Gasteiger partial charge in [-0.3, -0.25) is 4.79 Å². The molecule has 0 saturated carbocycles. The third-order valence-electron chi connectivity index (χ3n) is 2.19. The fraction of sp³-hybridized carbons (Fsp3) is 0.615. The third-order valence-corrected chi connectivity index (χ3v) is 3.75. The number of carbonyl (C=O) groups is 1. The molecular formula is C13H20BrNO2S. The van der Waals surface area contributed by atoms with Gasteiger partial charge in [-0.15, -0.1) is 11.3 Å². The van der Waals surface area contributed by atoms with E-state index in [1.165, 1.54) is 5.56 Å². The molecule has 0 aromatic carbocycles. The zero-order chi connectivity index (χ0) is 13.8. The van der Waals surface area contributed by atoms with E-state index in [0.717, 1.165) is 10.3 Å². The summed E-state index contributed by atoms with van der Waals surface area (Å²) in [5, 5.41) is 2.12. The van der Waals surface area contributed by atoms with Crippen LogP contribution in [0, 0.1) is 0 Å². The Morgan fingerprint density at radius 1 is 1.50 bits per heavy atom. The number of carbonyl (C=O) groups excluding carboxylic acids is 1. The van der Waals surface area contributed by atoms with Crippen molar-refractivity contribution < 1.29 is 9.53 Å². The molecule has 0 radical (unpaired) electrons. The molecule has 0 atom stereocenters. The number of esters is 1. The summed E-state index contributed by atoms with van der Waals surface area (Å²) in [5.74, 6) is -0.138. The van der Waals surface area contributed by atoms with Crippen molar-refractivity contribution in [2.75, 3.05) is 13.6 Å². The maximum atomic E-state index is 11.6. The maximum Gasteiger partial charge on any atom is 0.307 e. The summed E-state index contributed by atoms with van der Waals surface area (Å²) in [5.41, 5.74) is 0.868. The first kappa shape index (κ1) is 15.7. The van der Waals surface area contributed by atoms with Gasteiger partial charge in [-0.2, -0.15) is 0 Å². The molecular weight excluding hydrogens is 314 g/mol. The Bertz CT molecular complexity index is 398. The lowest BCUT2D eigenvalue weighted by atomic mass is 10.2. The van der Waals surface area contributed by atoms with Crippen LogP contribution in [0.4, 0.5) is 0 Å². The molecule has 1 aromatic rings. The standard InChI is InChI=1S/C13H20BrNO2S/c1-13(2,3)17-12(16)5-6-15(4)8-10-7-11(14)18-9-10/h7,9H,5-6,8H2,1-4H3. The van der Waals surface area contributed by atoms with Gasteiger partial charge in [-0.1, -0.05) is 0 Å². The Morgan fingerprint density at radius 2 is 2.17 bits per heavy atom. The van der Waals surface area contributed by atoms with Crippen molar-refractivity contribution in [3.63, 3.8) is 0 Å². The van der Waals surface area contributed by atoms with Crippen LogP contribution < -0.4 is 0 Å². The van der Waals surface area contributed by atoms with Crippen LogP contribution >= 0.6 is 27.3 Å². The van der Waals surface area contributed by atoms with Crippen molar-refractivity contribution in [2.24, 2.45) is 0 Å². The highest BCUT2D eigenvalue weighted by Crippen LogP contribution is 2.21. The molecule has 102 valence electrons. The molecule has 0 aliphatic heterocycles. The van der Waals surface area contributed by atoms with Crippen molar-refractivity contribution in [1.29, 1.82) is 0 Å². The summed E-state index contributed by atoms with van der Waals surface area (Å²) >= 11 is 5.12. The molecule has 3 nitrogen and oxygen atoms in total. The summed E-state index contributed by atoms with van der Waals surface area (Å²) < 4.78 is 6.41. The van der Waals surface area contributed by atoms with Crippen molar-refractivity contribution in [3.05, 3.63) is 20.8 Å². The SMILES string of the molecule is CN(CCC(=O)OC(C)(C)C)Cc1csc(Br)c1. The predicted octanol–water partition coefficient (Wildman–Crippen LogP) is 3.67. The highest BCUT2D eigenvalue weighted by atomic mass is 79.9. The van der Waals surface area contributed by atoms with Crippen LogP contribution in [-0.2, 0) is 16.1 Å². The van der Waals surface area contributed by atoms with E-state index in [9.17, 15) is 4.79 Å². The van der Waals surface area contributed by atoms with Crippen molar-refractivity contribution in [1.82, 2.24) is 4.90 Å². The highest BCUT2D eigenvalue weighted by Gasteiger charge is 2.16. The molecule has 5 heteroatoms. The number of ether oxygens (including phenoxy) is 1. The summed E-state index contributed by atoms with van der Waals surface area (Å²) in [6.45, 7) is 7.22. The van der Waals surface area contributed by atoms with Crippen LogP contribution in [0.5, 0.6) is 0 Å². The van der Waals surface area contributed by atoms with Crippen LogP contribution in [0.15, 0.2) is 15.2 Å². The number of rotatable bonds is 5. The number of halogens is 1. The first-order valence-corrected chi connectivity index (χ1v) is 7.57. The van der Waals surface area contributed by atoms with Gasteiger partial charge in [-0.05, 0) is 60.8 Å². The Hall–Kier alpha value is -0.390. The average Bonchev–Trinajstić information content (AvgIpc) is 2.58. The topological polar surface area (TPSA) is 29.5 Å². The zero-order valence-corrected chi connectivity index (χ0v) is 13.7. The van der Waals surface area contributed by atoms with Crippen LogP contribution in [0.25, 0.3) is 0 Å². The normalized spacial score (nSPS) is 11.9. The summed E-state index contributed by atoms with van der Waals surface area (Å²) in [7, 11) is 2.01. The lowest BCUT2D eigenvalue weighted by Crippen LogP contribution is -2.27. The van der Waals surface area contributed by atoms with E-state index in [0.29, 0.717) is 13.0 Å². The van der Waals surface area contributed by atoms with Crippen molar-refractivity contribution in [2.45, 2.75) is 39.3 Å². The van der Waals surface area contributed by atoms with E-state index in [2.05, 4.69) is 32.3 Å². The molecule has 1 heterocycles. The number of thiophene rings is 1. The monoisotopic (exact) mass is 333 g/mol. The minimum absolute atomic E-state index is 0.138. The number of hydrogen-bond donors (Lipinski definition) is 0. The maximum absolute atomic E-state index is 11.6. The van der Waals surface area contributed by atoms with Gasteiger partial charge in [0.15, 0.2) is 0 Å². The molecule has 0 amide bonds. The first-order valence-electron chi connectivity index (χ1n) is 5.89. The molecule has 0 saturated heterocycles. The largest absolute Gasteiger partial charge is 0.460 e. The third kappa shape index (κ3) is 6.52. The Morgan fingerprint density at radius 3 is 2.67 bits per heavy atom. The number of nitrogens with zero attached hydrogens (tertiary/aromatic N) is 1. The molecule has 18 heavy (non-hydrogen) atoms. The van der Waals surface area contributed by atoms with Gasteiger partial charge >= 0.3 is 5.97 Å². The second-order valence-electron chi connectivity index (χ2n) is 5.33. The Labute approximate surface area is 121 Å². The van der Waals surface area contributed by atoms with Gasteiger partial charge in [0.2, 0.25) is 0 Å². The van der Waals surface area contributed by atoms with E-state index in [4.69, 9.17) is 4.74 Å². The van der Waals surface area contributed by atoms with E-state index in [1.807, 2.05) is 27.8 Å². The number of hydrogen-bond acceptors (Lipinski definition) is 4. The lowest BCUT2D eigenvalue weighted by molar-refractivity contribution is -0.155. The average molecular weight is 334 g/mol. The predicted molar refractivity (Wildman–Crippen MR) is 78.8 cm³/mol. The second-order valence-corrected chi connectivity index (χ2v) is 7.62. The molecule has 1 aromatic heterocycles. The molecule has 1 rings (SSSR count). The Balaban J connectivity index is 2.29. The van der Waals surface area contributed by atoms with Crippen LogP contribution in [0.3, 0.4) is 0 Å². The summed E-state index contributed by atoms with van der Waals surface area (Å²) in [4.78, 5) is 13.7. The molecule has 0 spiro atoms. The minimum atomic E-state index is -0.395. The lowest BCUT2D eigenvalue weighted by Gasteiger charge is -2.21. The van der Waals surface area contributed by atoms with Gasteiger partial charge in [-0.25, -0.2) is 0 Å². The first-order chi connectivity index (χ1) is 8.26. The molecule has 0 unspecified atom stereocenters. The van der Waals surface area contributed by atoms with E-state index in [-0.39, 0.29) is 5.97 Å². The summed E-state index contributed by atoms with van der Waals surface area (Å²) in [6, 6.07) is 2.11. The van der Waals surface area contributed by atoms with E-state index >= 15 is 0 Å². The fourth-order valence-electron chi connectivity index (χ4n) is 1.49. The van der Waals surface area contributed by atoms with Crippen LogP contribution in [-0.4, -0.2) is 30.1 Å². The van der Waals surface area contributed by atoms with Crippen LogP contribution in [0.1, 0.15) is 32.8 Å². The molecule has 0 fully saturated rings. The molecule has 0 N–H and O–H groups in total. The van der Waals surface area contributed by atoms with Gasteiger partial charge in [0.25, 0.3) is 0 Å². The molecule has 0 aliphatic carbocycles. The quantitative estimate of drug-likeness (QED) is 0.770. The van der Waals surface area contributed by atoms with Gasteiger partial charge in [0.05, 0.1) is 10.2 Å². The second kappa shape index (κ2) is 6.68. The van der Waals surface area contributed by atoms with Crippen molar-refractivity contribution >= 4 is 33.2 Å². The van der Waals surface area contributed by atoms with Crippen molar-refractivity contribution in [3.8, 4) is 0 Å². The van der Waals surface area contributed by atoms with Crippen LogP contribution in [0.2, 0.25) is 0 Å². The Kier molecular flexibility index (Phi) is 5.82. The summed E-state index contributed by atoms with van der Waals surface area (Å²) in [6.07, 6.45) is 0.430. The zero-order valence-electron chi connectivity index (χ0n) is 11.3.